The van der Waals surface area contributed by atoms with Crippen LogP contribution in [0.15, 0.2) is 54.0 Å². The van der Waals surface area contributed by atoms with Crippen LogP contribution in [0.1, 0.15) is 34.5 Å². The predicted molar refractivity (Wildman–Crippen MR) is 128 cm³/mol. The van der Waals surface area contributed by atoms with Gasteiger partial charge in [-0.3, -0.25) is 14.0 Å². The number of aromatic nitrogens is 4. The zero-order valence-electron chi connectivity index (χ0n) is 18.2. The van der Waals surface area contributed by atoms with Gasteiger partial charge < -0.3 is 14.5 Å². The highest BCUT2D eigenvalue weighted by molar-refractivity contribution is 6.42. The number of piperidine rings is 1. The van der Waals surface area contributed by atoms with E-state index in [9.17, 15) is 14.0 Å². The lowest BCUT2D eigenvalue weighted by molar-refractivity contribution is 0.0678. The van der Waals surface area contributed by atoms with Gasteiger partial charge in [-0.05, 0) is 42.5 Å². The number of likely N-dealkylation sites (tertiary alicyclic amines) is 1. The van der Waals surface area contributed by atoms with Crippen molar-refractivity contribution in [1.82, 2.24) is 23.8 Å². The molecule has 4 aromatic rings. The van der Waals surface area contributed by atoms with Crippen molar-refractivity contribution in [2.24, 2.45) is 5.92 Å². The minimum absolute atomic E-state index is 0.0443. The highest BCUT2D eigenvalue weighted by Gasteiger charge is 2.26. The molecule has 1 aliphatic heterocycles. The molecule has 7 nitrogen and oxygen atoms in total. The lowest BCUT2D eigenvalue weighted by Crippen LogP contribution is -2.39. The van der Waals surface area contributed by atoms with Gasteiger partial charge in [-0.15, -0.1) is 0 Å². The molecule has 1 N–H and O–H groups in total. The molecule has 0 bridgehead atoms. The summed E-state index contributed by atoms with van der Waals surface area (Å²) in [6.45, 7) is 2.03. The first-order valence-corrected chi connectivity index (χ1v) is 11.8. The molecule has 0 unspecified atom stereocenters. The van der Waals surface area contributed by atoms with Gasteiger partial charge in [0.2, 0.25) is 0 Å². The van der Waals surface area contributed by atoms with E-state index in [1.54, 1.807) is 40.2 Å². The lowest BCUT2D eigenvalue weighted by Gasteiger charge is -2.32. The number of rotatable bonds is 5. The maximum Gasteiger partial charge on any atom is 0.272 e. The van der Waals surface area contributed by atoms with Gasteiger partial charge in [0.25, 0.3) is 11.5 Å². The second-order valence-electron chi connectivity index (χ2n) is 8.60. The maximum atomic E-state index is 14.7. The molecule has 5 rings (SSSR count). The second-order valence-corrected chi connectivity index (χ2v) is 9.36. The number of nitrogens with zero attached hydrogens (tertiary/aromatic N) is 4. The van der Waals surface area contributed by atoms with Gasteiger partial charge >= 0.3 is 0 Å². The fourth-order valence-corrected chi connectivity index (χ4v) is 5.00. The zero-order valence-corrected chi connectivity index (χ0v) is 19.7. The normalized spacial score (nSPS) is 14.7. The van der Waals surface area contributed by atoms with Crippen LogP contribution in [0.5, 0.6) is 0 Å². The van der Waals surface area contributed by atoms with Crippen LogP contribution in [-0.2, 0) is 13.0 Å². The van der Waals surface area contributed by atoms with Crippen LogP contribution in [0.4, 0.5) is 4.39 Å². The summed E-state index contributed by atoms with van der Waals surface area (Å²) in [6, 6.07) is 6.01. The minimum atomic E-state index is -0.553. The Labute approximate surface area is 204 Å². The molecule has 1 aliphatic rings. The molecule has 0 aliphatic carbocycles. The van der Waals surface area contributed by atoms with Crippen molar-refractivity contribution in [3.63, 3.8) is 0 Å². The van der Waals surface area contributed by atoms with E-state index in [1.165, 1.54) is 12.1 Å². The van der Waals surface area contributed by atoms with Crippen LogP contribution >= 0.6 is 23.2 Å². The molecule has 3 aromatic heterocycles. The van der Waals surface area contributed by atoms with E-state index in [2.05, 4.69) is 9.97 Å². The number of benzene rings is 1. The van der Waals surface area contributed by atoms with E-state index < -0.39 is 5.82 Å². The molecule has 0 atom stereocenters. The van der Waals surface area contributed by atoms with Crippen molar-refractivity contribution >= 4 is 34.6 Å². The number of H-pyrrole nitrogens is 1. The smallest absolute Gasteiger partial charge is 0.272 e. The molecule has 0 spiro atoms. The summed E-state index contributed by atoms with van der Waals surface area (Å²) in [5, 5.41) is 0.501. The highest BCUT2D eigenvalue weighted by Crippen LogP contribution is 2.27. The summed E-state index contributed by atoms with van der Waals surface area (Å²) in [5.74, 6) is -0.410. The molecule has 1 aromatic carbocycles. The number of nitrogens with one attached hydrogen (secondary N) is 1. The molecular formula is C24H22Cl2FN5O2. The average molecular weight is 502 g/mol. The van der Waals surface area contributed by atoms with E-state index in [-0.39, 0.29) is 27.2 Å². The van der Waals surface area contributed by atoms with Gasteiger partial charge in [0, 0.05) is 50.3 Å². The molecule has 4 heterocycles. The Morgan fingerprint density at radius 1 is 1.21 bits per heavy atom. The number of hydrogen-bond donors (Lipinski definition) is 1. The first-order chi connectivity index (χ1) is 16.4. The quantitative estimate of drug-likeness (QED) is 0.439. The summed E-state index contributed by atoms with van der Waals surface area (Å²) in [6.07, 6.45) is 9.07. The van der Waals surface area contributed by atoms with Crippen LogP contribution < -0.4 is 5.56 Å². The maximum absolute atomic E-state index is 14.7. The third kappa shape index (κ3) is 4.35. The van der Waals surface area contributed by atoms with E-state index in [4.69, 9.17) is 23.2 Å². The number of hydrogen-bond acceptors (Lipinski definition) is 3. The van der Waals surface area contributed by atoms with Crippen molar-refractivity contribution in [3.05, 3.63) is 92.4 Å². The lowest BCUT2D eigenvalue weighted by atomic mass is 9.96. The van der Waals surface area contributed by atoms with Crippen LogP contribution in [0, 0.1) is 11.7 Å². The standard InChI is InChI=1S/C24H22Cl2FN5O2/c25-19-11-21-23(33)29-12-17(32(21)22(19)26)9-16-1-2-20(27)18(10-16)24(34)31-6-3-15(4-7-31)13-30-8-5-28-14-30/h1-2,5,8,10-12,14-15H,3-4,6-7,9,13H2,(H,29,33). The number of aromatic amines is 1. The summed E-state index contributed by atoms with van der Waals surface area (Å²) < 4.78 is 18.3. The van der Waals surface area contributed by atoms with Crippen LogP contribution in [0.2, 0.25) is 10.2 Å². The van der Waals surface area contributed by atoms with Crippen molar-refractivity contribution in [1.29, 1.82) is 0 Å². The van der Waals surface area contributed by atoms with Gasteiger partial charge in [-0.25, -0.2) is 9.37 Å². The second kappa shape index (κ2) is 9.27. The Balaban J connectivity index is 1.34. The topological polar surface area (TPSA) is 75.4 Å². The van der Waals surface area contributed by atoms with E-state index in [0.29, 0.717) is 42.2 Å². The number of amides is 1. The van der Waals surface area contributed by atoms with Gasteiger partial charge in [0.1, 0.15) is 16.5 Å². The monoisotopic (exact) mass is 501 g/mol. The molecule has 0 saturated carbocycles. The number of carbonyl (C=O) groups is 1. The molecule has 1 amide bonds. The highest BCUT2D eigenvalue weighted by atomic mass is 35.5. The van der Waals surface area contributed by atoms with E-state index in [0.717, 1.165) is 19.4 Å². The summed E-state index contributed by atoms with van der Waals surface area (Å²) in [4.78, 5) is 33.7. The summed E-state index contributed by atoms with van der Waals surface area (Å²) in [5.41, 5.74) is 1.43. The Morgan fingerprint density at radius 3 is 2.74 bits per heavy atom. The number of fused-ring (bicyclic) bond motifs is 1. The van der Waals surface area contributed by atoms with Crippen LogP contribution in [0.3, 0.4) is 0 Å². The third-order valence-electron chi connectivity index (χ3n) is 6.36. The van der Waals surface area contributed by atoms with Crippen LogP contribution in [0.25, 0.3) is 5.52 Å². The molecule has 34 heavy (non-hydrogen) atoms. The molecule has 1 fully saturated rings. The Bertz CT molecular complexity index is 1410. The SMILES string of the molecule is O=C(c1cc(Cc2c[nH]c(=O)c3cc(Cl)c(Cl)n23)ccc1F)N1CCC(Cn2ccnc2)CC1. The van der Waals surface area contributed by atoms with Gasteiger partial charge in [0.05, 0.1) is 16.9 Å². The van der Waals surface area contributed by atoms with Gasteiger partial charge in [-0.1, -0.05) is 29.3 Å². The average Bonchev–Trinajstić information content (AvgIpc) is 3.45. The number of halogens is 3. The van der Waals surface area contributed by atoms with Crippen LogP contribution in [-0.4, -0.2) is 42.8 Å². The molecule has 10 heteroatoms. The fourth-order valence-electron chi connectivity index (χ4n) is 4.56. The minimum Gasteiger partial charge on any atom is -0.339 e. The predicted octanol–water partition coefficient (Wildman–Crippen LogP) is 4.41. The molecule has 1 saturated heterocycles. The van der Waals surface area contributed by atoms with Crippen molar-refractivity contribution < 1.29 is 9.18 Å². The summed E-state index contributed by atoms with van der Waals surface area (Å²) in [7, 11) is 0. The third-order valence-corrected chi connectivity index (χ3v) is 7.12. The number of carbonyl (C=O) groups excluding carboxylic acids is 1. The first-order valence-electron chi connectivity index (χ1n) is 11.0. The van der Waals surface area contributed by atoms with E-state index in [1.807, 2.05) is 10.8 Å². The van der Waals surface area contributed by atoms with Gasteiger partial charge in [0.15, 0.2) is 0 Å². The number of imidazole rings is 1. The van der Waals surface area contributed by atoms with E-state index >= 15 is 0 Å². The first kappa shape index (κ1) is 22.7. The molecular weight excluding hydrogens is 480 g/mol. The summed E-state index contributed by atoms with van der Waals surface area (Å²) >= 11 is 12.4. The Morgan fingerprint density at radius 2 is 2.00 bits per heavy atom. The fraction of sp³-hybridized carbons (Fsp3) is 0.292. The largest absolute Gasteiger partial charge is 0.339 e. The van der Waals surface area contributed by atoms with Crippen molar-refractivity contribution in [2.45, 2.75) is 25.8 Å². The molecule has 0 radical (unpaired) electrons. The Kier molecular flexibility index (Phi) is 6.18. The van der Waals surface area contributed by atoms with Crippen molar-refractivity contribution in [3.8, 4) is 0 Å². The van der Waals surface area contributed by atoms with Gasteiger partial charge in [-0.2, -0.15) is 0 Å². The zero-order chi connectivity index (χ0) is 23.8. The Hall–Kier alpha value is -3.10. The van der Waals surface area contributed by atoms with Crippen molar-refractivity contribution in [2.75, 3.05) is 13.1 Å². The molecule has 176 valence electrons.